The van der Waals surface area contributed by atoms with Gasteiger partial charge < -0.3 is 15.0 Å². The van der Waals surface area contributed by atoms with Crippen LogP contribution in [0.3, 0.4) is 0 Å². The third-order valence-corrected chi connectivity index (χ3v) is 9.43. The Hall–Kier alpha value is -3.03. The molecular weight excluding hydrogens is 603 g/mol. The quantitative estimate of drug-likeness (QED) is 0.273. The van der Waals surface area contributed by atoms with Gasteiger partial charge in [0.2, 0.25) is 0 Å². The van der Waals surface area contributed by atoms with Crippen LogP contribution < -0.4 is 25.4 Å². The van der Waals surface area contributed by atoms with E-state index in [1.165, 1.54) is 12.8 Å². The Labute approximate surface area is 268 Å². The molecule has 0 aromatic carbocycles. The van der Waals surface area contributed by atoms with Gasteiger partial charge in [0, 0.05) is 42.9 Å². The van der Waals surface area contributed by atoms with Gasteiger partial charge in [-0.05, 0) is 76.7 Å². The first kappa shape index (κ1) is 34.8. The van der Waals surface area contributed by atoms with Crippen LogP contribution in [0.5, 0.6) is 0 Å². The van der Waals surface area contributed by atoms with Crippen LogP contribution in [-0.2, 0) is 4.74 Å². The van der Waals surface area contributed by atoms with Crippen molar-refractivity contribution in [3.05, 3.63) is 55.0 Å². The van der Waals surface area contributed by atoms with E-state index in [4.69, 9.17) is 9.72 Å². The molecule has 2 fully saturated rings. The molecule has 9 nitrogen and oxygen atoms in total. The minimum atomic E-state index is -4.20. The van der Waals surface area contributed by atoms with E-state index >= 15 is 0 Å². The highest BCUT2D eigenvalue weighted by atomic mass is 32.2. The van der Waals surface area contributed by atoms with E-state index in [9.17, 15) is 18.0 Å². The van der Waals surface area contributed by atoms with Gasteiger partial charge in [-0.1, -0.05) is 39.8 Å². The molecule has 0 radical (unpaired) electrons. The topological polar surface area (TPSA) is 94.1 Å². The normalized spacial score (nSPS) is 25.2. The van der Waals surface area contributed by atoms with Crippen molar-refractivity contribution in [2.24, 2.45) is 10.4 Å². The molecule has 2 atom stereocenters. The number of alkyl halides is 3. The molecule has 1 saturated carbocycles. The Morgan fingerprint density at radius 1 is 1.18 bits per heavy atom. The predicted octanol–water partition coefficient (Wildman–Crippen LogP) is 6.98. The number of aromatic nitrogens is 1. The third kappa shape index (κ3) is 8.42. The second-order valence-electron chi connectivity index (χ2n) is 12.4. The summed E-state index contributed by atoms with van der Waals surface area (Å²) >= 11 is 1.05. The summed E-state index contributed by atoms with van der Waals surface area (Å²) in [5.74, 6) is 1.27. The molecule has 5 rings (SSSR count). The molecule has 13 heteroatoms. The minimum Gasteiger partial charge on any atom is -0.370 e. The van der Waals surface area contributed by atoms with Crippen molar-refractivity contribution in [1.82, 2.24) is 20.4 Å². The van der Waals surface area contributed by atoms with E-state index in [0.717, 1.165) is 31.2 Å². The third-order valence-electron chi connectivity index (χ3n) is 8.67. The number of hydrogen-bond donors (Lipinski definition) is 3. The van der Waals surface area contributed by atoms with Gasteiger partial charge in [0.05, 0.1) is 11.0 Å². The molecule has 1 amide bonds. The van der Waals surface area contributed by atoms with Gasteiger partial charge in [-0.2, -0.15) is 18.6 Å². The number of nitrogens with zero attached hydrogens (tertiary/aromatic N) is 4. The van der Waals surface area contributed by atoms with Gasteiger partial charge in [0.15, 0.2) is 0 Å². The summed E-state index contributed by atoms with van der Waals surface area (Å²) < 4.78 is 48.3. The van der Waals surface area contributed by atoms with Crippen LogP contribution in [0.1, 0.15) is 89.4 Å². The Balaban J connectivity index is 0.00000109. The number of aliphatic imine (C=N–C) groups is 1. The molecule has 1 saturated heterocycles. The number of rotatable bonds is 7. The van der Waals surface area contributed by atoms with E-state index in [1.54, 1.807) is 35.5 Å². The molecule has 0 bridgehead atoms. The van der Waals surface area contributed by atoms with E-state index < -0.39 is 17.8 Å². The zero-order chi connectivity index (χ0) is 32.8. The molecule has 4 aliphatic rings. The van der Waals surface area contributed by atoms with Gasteiger partial charge in [0.1, 0.15) is 28.7 Å². The average molecular weight is 650 g/mol. The fourth-order valence-corrected chi connectivity index (χ4v) is 6.13. The number of unbranched alkanes of at least 4 members (excludes halogenated alkanes) is 1. The Morgan fingerprint density at radius 2 is 1.91 bits per heavy atom. The highest BCUT2D eigenvalue weighted by molar-refractivity contribution is 8.13. The number of carbonyl (C=O) groups is 1. The summed E-state index contributed by atoms with van der Waals surface area (Å²) in [7, 11) is 0. The largest absolute Gasteiger partial charge is 0.394 e. The molecular formula is C32H46F3N7O2S. The zero-order valence-corrected chi connectivity index (χ0v) is 27.5. The van der Waals surface area contributed by atoms with E-state index in [-0.39, 0.29) is 43.4 Å². The summed E-state index contributed by atoms with van der Waals surface area (Å²) in [6, 6.07) is 3.59. The molecule has 45 heavy (non-hydrogen) atoms. The van der Waals surface area contributed by atoms with E-state index in [2.05, 4.69) is 66.2 Å². The monoisotopic (exact) mass is 649 g/mol. The summed E-state index contributed by atoms with van der Waals surface area (Å²) in [5, 5.41) is 5.42. The molecule has 248 valence electrons. The van der Waals surface area contributed by atoms with Crippen LogP contribution in [0.2, 0.25) is 0 Å². The van der Waals surface area contributed by atoms with Crippen molar-refractivity contribution < 1.29 is 22.7 Å². The lowest BCUT2D eigenvalue weighted by Crippen LogP contribution is -2.46. The Kier molecular flexibility index (Phi) is 11.3. The van der Waals surface area contributed by atoms with Crippen LogP contribution >= 0.6 is 11.9 Å². The maximum atomic E-state index is 13.4. The van der Waals surface area contributed by atoms with Gasteiger partial charge in [0.25, 0.3) is 5.91 Å². The molecule has 3 aliphatic heterocycles. The zero-order valence-electron chi connectivity index (χ0n) is 26.7. The second-order valence-corrected chi connectivity index (χ2v) is 13.3. The van der Waals surface area contributed by atoms with E-state index in [1.807, 2.05) is 0 Å². The fraction of sp³-hybridized carbons (Fsp3) is 0.594. The van der Waals surface area contributed by atoms with E-state index in [0.29, 0.717) is 34.6 Å². The van der Waals surface area contributed by atoms with Crippen molar-refractivity contribution in [3.63, 3.8) is 0 Å². The Bertz CT molecular complexity index is 1290. The molecule has 1 aromatic heterocycles. The number of hydrazine groups is 1. The second kappa shape index (κ2) is 14.6. The number of pyridine rings is 1. The van der Waals surface area contributed by atoms with Crippen LogP contribution in [0.4, 0.5) is 24.8 Å². The average Bonchev–Trinajstić information content (AvgIpc) is 3.55. The maximum Gasteiger partial charge on any atom is 0.394 e. The highest BCUT2D eigenvalue weighted by Gasteiger charge is 2.62. The number of carbonyl (C=O) groups excluding carboxylic acids is 1. The van der Waals surface area contributed by atoms with Crippen molar-refractivity contribution >= 4 is 34.5 Å². The molecule has 4 heterocycles. The first-order chi connectivity index (χ1) is 21.3. The molecule has 1 aliphatic carbocycles. The number of amides is 1. The lowest BCUT2D eigenvalue weighted by molar-refractivity contribution is -0.192. The van der Waals surface area contributed by atoms with Crippen molar-refractivity contribution in [2.75, 3.05) is 23.1 Å². The number of nitrogens with one attached hydrogen (secondary N) is 3. The Morgan fingerprint density at radius 3 is 2.56 bits per heavy atom. The lowest BCUT2D eigenvalue weighted by Gasteiger charge is -2.38. The maximum absolute atomic E-state index is 13.4. The van der Waals surface area contributed by atoms with Gasteiger partial charge >= 0.3 is 6.18 Å². The van der Waals surface area contributed by atoms with Crippen LogP contribution in [0.15, 0.2) is 54.5 Å². The van der Waals surface area contributed by atoms with Crippen molar-refractivity contribution in [3.8, 4) is 0 Å². The summed E-state index contributed by atoms with van der Waals surface area (Å²) in [6.07, 6.45) is 5.79. The van der Waals surface area contributed by atoms with Gasteiger partial charge in [-0.25, -0.2) is 9.98 Å². The molecule has 1 aromatic rings. The summed E-state index contributed by atoms with van der Waals surface area (Å²) in [4.78, 5) is 25.0. The SMILES string of the molecule is C=C/C1=N\C(=C)NCCC2CCC(C)(C)N2c2nc(N3C=CC(OCCC4(C(F)(F)F)CC4)N3)ccc2C(=O)NS1.CCCC. The highest BCUT2D eigenvalue weighted by Crippen LogP contribution is 2.59. The van der Waals surface area contributed by atoms with Crippen LogP contribution in [-0.4, -0.2) is 53.1 Å². The first-order valence-electron chi connectivity index (χ1n) is 15.7. The summed E-state index contributed by atoms with van der Waals surface area (Å²) in [6.45, 7) is 17.0. The standard InChI is InChI=1S/C28H36F3N7O2S.C4H10/c1-5-23-33-18(2)32-15-9-19-8-11-26(3,4)38(19)24-20(25(39)36-41-23)6-7-21(34-24)37-16-10-22(35-37)40-17-14-27(12-13-27)28(29,30)31;1-3-4-2/h5-7,10,16,19,22,32,35H,1-2,8-9,11-15,17H2,3-4H3,(H,36,39);3-4H2,1-2H3/b33-23+;. The molecule has 3 N–H and O–H groups in total. The molecule has 0 spiro atoms. The minimum absolute atomic E-state index is 0.00901. The van der Waals surface area contributed by atoms with Crippen molar-refractivity contribution in [2.45, 2.75) is 103 Å². The van der Waals surface area contributed by atoms with Crippen LogP contribution in [0, 0.1) is 5.41 Å². The molecule has 2 unspecified atom stereocenters. The summed E-state index contributed by atoms with van der Waals surface area (Å²) in [5.41, 5.74) is 1.71. The smallest absolute Gasteiger partial charge is 0.370 e. The van der Waals surface area contributed by atoms with Gasteiger partial charge in [-0.3, -0.25) is 14.5 Å². The number of ether oxygens (including phenoxy) is 1. The first-order valence-corrected chi connectivity index (χ1v) is 16.5. The number of fused-ring (bicyclic) bond motifs is 3. The number of anilines is 2. The van der Waals surface area contributed by atoms with Gasteiger partial charge in [-0.15, -0.1) is 0 Å². The van der Waals surface area contributed by atoms with Crippen molar-refractivity contribution in [1.29, 1.82) is 0 Å². The number of halogens is 3. The number of hydrogen-bond acceptors (Lipinski definition) is 9. The van der Waals surface area contributed by atoms with Crippen LogP contribution in [0.25, 0.3) is 0 Å². The predicted molar refractivity (Wildman–Crippen MR) is 176 cm³/mol. The lowest BCUT2D eigenvalue weighted by atomic mass is 10.0. The fourth-order valence-electron chi connectivity index (χ4n) is 5.58.